The Labute approximate surface area is 186 Å². The van der Waals surface area contributed by atoms with Gasteiger partial charge in [0, 0.05) is 34.1 Å². The fourth-order valence-corrected chi connectivity index (χ4v) is 3.57. The van der Waals surface area contributed by atoms with Crippen LogP contribution >= 0.6 is 11.6 Å². The van der Waals surface area contributed by atoms with E-state index in [1.54, 1.807) is 6.20 Å². The molecular formula is C27H18ClN3. The molecule has 0 fully saturated rings. The van der Waals surface area contributed by atoms with E-state index in [2.05, 4.69) is 35.3 Å². The average Bonchev–Trinajstić information content (AvgIpc) is 2.85. The van der Waals surface area contributed by atoms with Gasteiger partial charge in [0.1, 0.15) is 0 Å². The maximum Gasteiger partial charge on any atom is 0.160 e. The largest absolute Gasteiger partial charge is 0.264 e. The minimum Gasteiger partial charge on any atom is -0.264 e. The van der Waals surface area contributed by atoms with Crippen molar-refractivity contribution in [2.75, 3.05) is 0 Å². The quantitative estimate of drug-likeness (QED) is 0.309. The molecule has 4 heteroatoms. The monoisotopic (exact) mass is 419 g/mol. The second kappa shape index (κ2) is 8.50. The molecule has 0 saturated carbocycles. The van der Waals surface area contributed by atoms with Crippen LogP contribution in [0.5, 0.6) is 0 Å². The molecule has 0 bridgehead atoms. The molecule has 148 valence electrons. The normalized spacial score (nSPS) is 10.7. The van der Waals surface area contributed by atoms with Gasteiger partial charge in [-0.25, -0.2) is 9.97 Å². The maximum absolute atomic E-state index is 6.08. The SMILES string of the molecule is Clc1ccc(-c2cc(-c3ccc(-c4cccnc4)cc3)nc(-c3ccccc3)n2)cc1. The summed E-state index contributed by atoms with van der Waals surface area (Å²) < 4.78 is 0. The summed E-state index contributed by atoms with van der Waals surface area (Å²) in [4.78, 5) is 13.9. The van der Waals surface area contributed by atoms with Crippen LogP contribution < -0.4 is 0 Å². The third-order valence-corrected chi connectivity index (χ3v) is 5.33. The summed E-state index contributed by atoms with van der Waals surface area (Å²) in [7, 11) is 0. The van der Waals surface area contributed by atoms with Gasteiger partial charge in [0.25, 0.3) is 0 Å². The number of hydrogen-bond acceptors (Lipinski definition) is 3. The Balaban J connectivity index is 1.60. The number of hydrogen-bond donors (Lipinski definition) is 0. The molecule has 0 aliphatic rings. The maximum atomic E-state index is 6.08. The average molecular weight is 420 g/mol. The van der Waals surface area contributed by atoms with E-state index in [0.717, 1.165) is 39.2 Å². The van der Waals surface area contributed by atoms with Crippen LogP contribution in [0.25, 0.3) is 45.0 Å². The van der Waals surface area contributed by atoms with Gasteiger partial charge in [-0.05, 0) is 35.4 Å². The Kier molecular flexibility index (Phi) is 5.26. The van der Waals surface area contributed by atoms with Crippen LogP contribution in [0.4, 0.5) is 0 Å². The van der Waals surface area contributed by atoms with Gasteiger partial charge in [-0.2, -0.15) is 0 Å². The zero-order chi connectivity index (χ0) is 21.0. The molecule has 5 aromatic rings. The first kappa shape index (κ1) is 19.2. The lowest BCUT2D eigenvalue weighted by atomic mass is 10.0. The van der Waals surface area contributed by atoms with Crippen molar-refractivity contribution < 1.29 is 0 Å². The van der Waals surface area contributed by atoms with Crippen molar-refractivity contribution in [3.8, 4) is 45.0 Å². The number of pyridine rings is 1. The lowest BCUT2D eigenvalue weighted by Gasteiger charge is -2.10. The summed E-state index contributed by atoms with van der Waals surface area (Å²) in [6.07, 6.45) is 3.65. The topological polar surface area (TPSA) is 38.7 Å². The molecule has 0 N–H and O–H groups in total. The zero-order valence-electron chi connectivity index (χ0n) is 16.6. The first-order valence-electron chi connectivity index (χ1n) is 9.97. The Morgan fingerprint density at radius 1 is 0.516 bits per heavy atom. The molecule has 0 radical (unpaired) electrons. The number of rotatable bonds is 4. The number of halogens is 1. The van der Waals surface area contributed by atoms with Crippen molar-refractivity contribution in [2.45, 2.75) is 0 Å². The molecule has 3 aromatic carbocycles. The van der Waals surface area contributed by atoms with E-state index in [9.17, 15) is 0 Å². The third kappa shape index (κ3) is 4.23. The van der Waals surface area contributed by atoms with E-state index in [4.69, 9.17) is 21.6 Å². The van der Waals surface area contributed by atoms with Crippen LogP contribution in [0.2, 0.25) is 5.02 Å². The summed E-state index contributed by atoms with van der Waals surface area (Å²) in [5.41, 5.74) is 6.94. The number of aromatic nitrogens is 3. The minimum atomic E-state index is 0.694. The van der Waals surface area contributed by atoms with Crippen molar-refractivity contribution in [1.82, 2.24) is 15.0 Å². The molecule has 0 aliphatic heterocycles. The standard InChI is InChI=1S/C27H18ClN3/c28-24-14-12-21(13-15-24)26-17-25(30-27(31-26)22-5-2-1-3-6-22)20-10-8-19(9-11-20)23-7-4-16-29-18-23/h1-18H. The highest BCUT2D eigenvalue weighted by Crippen LogP contribution is 2.29. The zero-order valence-corrected chi connectivity index (χ0v) is 17.4. The summed E-state index contributed by atoms with van der Waals surface area (Å²) in [5, 5.41) is 0.701. The highest BCUT2D eigenvalue weighted by molar-refractivity contribution is 6.30. The smallest absolute Gasteiger partial charge is 0.160 e. The van der Waals surface area contributed by atoms with Gasteiger partial charge in [0.2, 0.25) is 0 Å². The lowest BCUT2D eigenvalue weighted by Crippen LogP contribution is -1.95. The Hall–Kier alpha value is -3.82. The number of benzene rings is 3. The van der Waals surface area contributed by atoms with Gasteiger partial charge in [-0.15, -0.1) is 0 Å². The van der Waals surface area contributed by atoms with Crippen molar-refractivity contribution >= 4 is 11.6 Å². The van der Waals surface area contributed by atoms with Crippen molar-refractivity contribution in [3.63, 3.8) is 0 Å². The van der Waals surface area contributed by atoms with Gasteiger partial charge in [-0.3, -0.25) is 4.98 Å². The first-order valence-corrected chi connectivity index (χ1v) is 10.4. The van der Waals surface area contributed by atoms with Crippen LogP contribution in [0, 0.1) is 0 Å². The molecular weight excluding hydrogens is 402 g/mol. The highest BCUT2D eigenvalue weighted by Gasteiger charge is 2.11. The number of nitrogens with zero attached hydrogens (tertiary/aromatic N) is 3. The van der Waals surface area contributed by atoms with Crippen molar-refractivity contribution in [2.24, 2.45) is 0 Å². The second-order valence-electron chi connectivity index (χ2n) is 7.15. The van der Waals surface area contributed by atoms with E-state index >= 15 is 0 Å². The molecule has 0 amide bonds. The van der Waals surface area contributed by atoms with Gasteiger partial charge < -0.3 is 0 Å². The van der Waals surface area contributed by atoms with E-state index in [-0.39, 0.29) is 0 Å². The fraction of sp³-hybridized carbons (Fsp3) is 0. The van der Waals surface area contributed by atoms with Crippen LogP contribution in [0.1, 0.15) is 0 Å². The molecule has 0 spiro atoms. The molecule has 2 aromatic heterocycles. The van der Waals surface area contributed by atoms with Gasteiger partial charge in [0.05, 0.1) is 11.4 Å². The Bertz CT molecular complexity index is 1300. The molecule has 0 unspecified atom stereocenters. The van der Waals surface area contributed by atoms with Crippen LogP contribution in [-0.2, 0) is 0 Å². The van der Waals surface area contributed by atoms with Gasteiger partial charge in [-0.1, -0.05) is 84.4 Å². The molecule has 0 saturated heterocycles. The molecule has 5 rings (SSSR count). The van der Waals surface area contributed by atoms with Gasteiger partial charge in [0.15, 0.2) is 5.82 Å². The van der Waals surface area contributed by atoms with Crippen molar-refractivity contribution in [3.05, 3.63) is 114 Å². The predicted molar refractivity (Wildman–Crippen MR) is 127 cm³/mol. The highest BCUT2D eigenvalue weighted by atomic mass is 35.5. The van der Waals surface area contributed by atoms with Crippen LogP contribution in [-0.4, -0.2) is 15.0 Å². The third-order valence-electron chi connectivity index (χ3n) is 5.07. The second-order valence-corrected chi connectivity index (χ2v) is 7.59. The summed E-state index contributed by atoms with van der Waals surface area (Å²) >= 11 is 6.08. The lowest BCUT2D eigenvalue weighted by molar-refractivity contribution is 1.18. The minimum absolute atomic E-state index is 0.694. The molecule has 3 nitrogen and oxygen atoms in total. The van der Waals surface area contributed by atoms with E-state index in [1.807, 2.05) is 72.9 Å². The van der Waals surface area contributed by atoms with E-state index in [1.165, 1.54) is 0 Å². The molecule has 2 heterocycles. The van der Waals surface area contributed by atoms with Crippen LogP contribution in [0.15, 0.2) is 109 Å². The summed E-state index contributed by atoms with van der Waals surface area (Å²) in [6, 6.07) is 32.1. The predicted octanol–water partition coefficient (Wildman–Crippen LogP) is 7.19. The molecule has 0 atom stereocenters. The van der Waals surface area contributed by atoms with E-state index in [0.29, 0.717) is 10.8 Å². The fourth-order valence-electron chi connectivity index (χ4n) is 3.45. The van der Waals surface area contributed by atoms with Crippen molar-refractivity contribution in [1.29, 1.82) is 0 Å². The first-order chi connectivity index (χ1) is 15.3. The Morgan fingerprint density at radius 3 is 1.71 bits per heavy atom. The van der Waals surface area contributed by atoms with Crippen LogP contribution in [0.3, 0.4) is 0 Å². The Morgan fingerprint density at radius 2 is 1.10 bits per heavy atom. The summed E-state index contributed by atoms with van der Waals surface area (Å²) in [5.74, 6) is 0.694. The van der Waals surface area contributed by atoms with E-state index < -0.39 is 0 Å². The van der Waals surface area contributed by atoms with Gasteiger partial charge >= 0.3 is 0 Å². The molecule has 31 heavy (non-hydrogen) atoms. The summed E-state index contributed by atoms with van der Waals surface area (Å²) in [6.45, 7) is 0. The molecule has 0 aliphatic carbocycles.